The zero-order valence-corrected chi connectivity index (χ0v) is 18.1. The van der Waals surface area contributed by atoms with Gasteiger partial charge in [0, 0.05) is 45.0 Å². The van der Waals surface area contributed by atoms with Crippen LogP contribution in [0.25, 0.3) is 0 Å². The van der Waals surface area contributed by atoms with Crippen LogP contribution in [-0.2, 0) is 23.0 Å². The summed E-state index contributed by atoms with van der Waals surface area (Å²) in [5.41, 5.74) is 2.27. The Hall–Kier alpha value is -1.96. The number of aromatic nitrogens is 1. The van der Waals surface area contributed by atoms with Gasteiger partial charge >= 0.3 is 0 Å². The summed E-state index contributed by atoms with van der Waals surface area (Å²) in [6, 6.07) is 9.42. The lowest BCUT2D eigenvalue weighted by Crippen LogP contribution is -2.53. The monoisotopic (exact) mass is 427 g/mol. The molecule has 1 atom stereocenters. The van der Waals surface area contributed by atoms with E-state index in [4.69, 9.17) is 4.74 Å². The Morgan fingerprint density at radius 3 is 2.80 bits per heavy atom. The van der Waals surface area contributed by atoms with Gasteiger partial charge in [-0.05, 0) is 73.0 Å². The van der Waals surface area contributed by atoms with Crippen LogP contribution >= 0.6 is 0 Å². The van der Waals surface area contributed by atoms with Gasteiger partial charge in [0.25, 0.3) is 0 Å². The van der Waals surface area contributed by atoms with Crippen molar-refractivity contribution in [1.82, 2.24) is 14.2 Å². The van der Waals surface area contributed by atoms with E-state index in [-0.39, 0.29) is 5.41 Å². The van der Waals surface area contributed by atoms with Crippen LogP contribution in [-0.4, -0.2) is 55.4 Å². The second-order valence-corrected chi connectivity index (χ2v) is 10.9. The predicted molar refractivity (Wildman–Crippen MR) is 115 cm³/mol. The molecule has 1 unspecified atom stereocenters. The SMILES string of the molecule is O=S(=O)(c1ccc2c(c1)CCO2)N1CCCC2(CCCN(Cc3cccnc3)C2)C1. The first-order valence-electron chi connectivity index (χ1n) is 10.9. The van der Waals surface area contributed by atoms with Crippen molar-refractivity contribution in [3.05, 3.63) is 53.9 Å². The van der Waals surface area contributed by atoms with E-state index in [1.165, 1.54) is 5.56 Å². The van der Waals surface area contributed by atoms with E-state index in [1.807, 2.05) is 24.4 Å². The Balaban J connectivity index is 1.33. The molecule has 0 bridgehead atoms. The molecular formula is C23H29N3O3S. The van der Waals surface area contributed by atoms with E-state index in [0.717, 1.165) is 63.1 Å². The van der Waals surface area contributed by atoms with Gasteiger partial charge in [0.15, 0.2) is 0 Å². The number of hydrogen-bond acceptors (Lipinski definition) is 5. The van der Waals surface area contributed by atoms with Crippen molar-refractivity contribution in [3.63, 3.8) is 0 Å². The maximum absolute atomic E-state index is 13.4. The van der Waals surface area contributed by atoms with Crippen LogP contribution in [0.5, 0.6) is 5.75 Å². The van der Waals surface area contributed by atoms with Crippen molar-refractivity contribution in [2.24, 2.45) is 5.41 Å². The maximum atomic E-state index is 13.4. The molecule has 2 saturated heterocycles. The molecule has 1 spiro atoms. The zero-order valence-electron chi connectivity index (χ0n) is 17.3. The number of fused-ring (bicyclic) bond motifs is 1. The van der Waals surface area contributed by atoms with E-state index < -0.39 is 10.0 Å². The molecule has 2 aromatic rings. The Morgan fingerprint density at radius 2 is 1.97 bits per heavy atom. The smallest absolute Gasteiger partial charge is 0.243 e. The quantitative estimate of drug-likeness (QED) is 0.750. The summed E-state index contributed by atoms with van der Waals surface area (Å²) >= 11 is 0. The fourth-order valence-electron chi connectivity index (χ4n) is 5.37. The van der Waals surface area contributed by atoms with Crippen molar-refractivity contribution in [2.45, 2.75) is 43.5 Å². The summed E-state index contributed by atoms with van der Waals surface area (Å²) in [4.78, 5) is 7.12. The van der Waals surface area contributed by atoms with Gasteiger partial charge in [-0.2, -0.15) is 4.31 Å². The van der Waals surface area contributed by atoms with Crippen LogP contribution in [0.15, 0.2) is 47.6 Å². The number of benzene rings is 1. The highest BCUT2D eigenvalue weighted by Crippen LogP contribution is 2.40. The van der Waals surface area contributed by atoms with Crippen LogP contribution in [0.2, 0.25) is 0 Å². The number of nitrogens with zero attached hydrogens (tertiary/aromatic N) is 3. The first-order chi connectivity index (χ1) is 14.5. The standard InChI is InChI=1S/C23H29N3O3S/c27-30(28,21-5-6-22-20(14-21)7-13-29-22)26-12-3-9-23(18-26)8-2-11-25(17-23)16-19-4-1-10-24-15-19/h1,4-6,10,14-15H,2-3,7-9,11-13,16-18H2. The van der Waals surface area contributed by atoms with Gasteiger partial charge in [-0.25, -0.2) is 8.42 Å². The van der Waals surface area contributed by atoms with Gasteiger partial charge in [0.1, 0.15) is 5.75 Å². The summed E-state index contributed by atoms with van der Waals surface area (Å²) in [5, 5.41) is 0. The molecule has 5 rings (SSSR count). The van der Waals surface area contributed by atoms with Crippen molar-refractivity contribution in [1.29, 1.82) is 0 Å². The summed E-state index contributed by atoms with van der Waals surface area (Å²) in [5.74, 6) is 0.822. The first-order valence-corrected chi connectivity index (χ1v) is 12.4. The summed E-state index contributed by atoms with van der Waals surface area (Å²) < 4.78 is 34.2. The van der Waals surface area contributed by atoms with E-state index in [1.54, 1.807) is 16.6 Å². The number of ether oxygens (including phenoxy) is 1. The lowest BCUT2D eigenvalue weighted by atomic mass is 9.74. The van der Waals surface area contributed by atoms with Gasteiger partial charge in [-0.1, -0.05) is 6.07 Å². The van der Waals surface area contributed by atoms with Gasteiger partial charge < -0.3 is 4.74 Å². The molecule has 0 radical (unpaired) electrons. The van der Waals surface area contributed by atoms with Gasteiger partial charge in [0.05, 0.1) is 11.5 Å². The molecule has 0 saturated carbocycles. The third-order valence-corrected chi connectivity index (χ3v) is 8.64. The van der Waals surface area contributed by atoms with E-state index in [0.29, 0.717) is 24.6 Å². The molecular weight excluding hydrogens is 398 g/mol. The number of piperidine rings is 2. The number of rotatable bonds is 4. The van der Waals surface area contributed by atoms with Gasteiger partial charge in [-0.15, -0.1) is 0 Å². The second-order valence-electron chi connectivity index (χ2n) is 8.99. The molecule has 1 aromatic heterocycles. The molecule has 2 fully saturated rings. The summed E-state index contributed by atoms with van der Waals surface area (Å²) in [6.07, 6.45) is 8.75. The van der Waals surface area contributed by atoms with Crippen LogP contribution in [0, 0.1) is 5.41 Å². The molecule has 3 aliphatic rings. The maximum Gasteiger partial charge on any atom is 0.243 e. The number of sulfonamides is 1. The van der Waals surface area contributed by atoms with E-state index >= 15 is 0 Å². The molecule has 0 N–H and O–H groups in total. The molecule has 1 aromatic carbocycles. The highest BCUT2D eigenvalue weighted by molar-refractivity contribution is 7.89. The number of likely N-dealkylation sites (tertiary alicyclic amines) is 1. The van der Waals surface area contributed by atoms with Crippen molar-refractivity contribution in [3.8, 4) is 5.75 Å². The Kier molecular flexibility index (Phi) is 5.29. The van der Waals surface area contributed by atoms with Crippen molar-refractivity contribution in [2.75, 3.05) is 32.8 Å². The predicted octanol–water partition coefficient (Wildman–Crippen LogP) is 3.08. The summed E-state index contributed by atoms with van der Waals surface area (Å²) in [6.45, 7) is 4.76. The van der Waals surface area contributed by atoms with E-state index in [2.05, 4.69) is 16.0 Å². The topological polar surface area (TPSA) is 62.7 Å². The average Bonchev–Trinajstić information content (AvgIpc) is 3.23. The normalized spacial score (nSPS) is 25.2. The van der Waals surface area contributed by atoms with Crippen molar-refractivity contribution >= 4 is 10.0 Å². The molecule has 160 valence electrons. The van der Waals surface area contributed by atoms with Crippen LogP contribution in [0.1, 0.15) is 36.8 Å². The van der Waals surface area contributed by atoms with Crippen LogP contribution in [0.4, 0.5) is 0 Å². The van der Waals surface area contributed by atoms with Crippen LogP contribution < -0.4 is 4.74 Å². The first kappa shape index (κ1) is 20.0. The third-order valence-electron chi connectivity index (χ3n) is 6.79. The molecule has 3 aliphatic heterocycles. The van der Waals surface area contributed by atoms with Crippen molar-refractivity contribution < 1.29 is 13.2 Å². The number of hydrogen-bond donors (Lipinski definition) is 0. The largest absolute Gasteiger partial charge is 0.493 e. The summed E-state index contributed by atoms with van der Waals surface area (Å²) in [7, 11) is -3.49. The average molecular weight is 428 g/mol. The third kappa shape index (κ3) is 3.86. The molecule has 0 aliphatic carbocycles. The Bertz CT molecular complexity index is 1010. The van der Waals surface area contributed by atoms with E-state index in [9.17, 15) is 8.42 Å². The minimum atomic E-state index is -3.49. The molecule has 4 heterocycles. The second kappa shape index (κ2) is 7.94. The lowest BCUT2D eigenvalue weighted by Gasteiger charge is -2.48. The fraction of sp³-hybridized carbons (Fsp3) is 0.522. The zero-order chi connectivity index (χ0) is 20.6. The Morgan fingerprint density at radius 1 is 1.10 bits per heavy atom. The number of pyridine rings is 1. The highest BCUT2D eigenvalue weighted by Gasteiger charge is 2.42. The molecule has 0 amide bonds. The minimum Gasteiger partial charge on any atom is -0.493 e. The Labute approximate surface area is 178 Å². The molecule has 6 nitrogen and oxygen atoms in total. The lowest BCUT2D eigenvalue weighted by molar-refractivity contribution is 0.0361. The minimum absolute atomic E-state index is 0.0472. The molecule has 7 heteroatoms. The van der Waals surface area contributed by atoms with Crippen LogP contribution in [0.3, 0.4) is 0 Å². The van der Waals surface area contributed by atoms with Gasteiger partial charge in [-0.3, -0.25) is 9.88 Å². The molecule has 30 heavy (non-hydrogen) atoms. The van der Waals surface area contributed by atoms with Gasteiger partial charge in [0.2, 0.25) is 10.0 Å². The highest BCUT2D eigenvalue weighted by atomic mass is 32.2. The fourth-order valence-corrected chi connectivity index (χ4v) is 7.01.